The summed E-state index contributed by atoms with van der Waals surface area (Å²) < 4.78 is 5.27. The van der Waals surface area contributed by atoms with E-state index in [4.69, 9.17) is 11.2 Å². The van der Waals surface area contributed by atoms with E-state index in [1.807, 2.05) is 0 Å². The van der Waals surface area contributed by atoms with Crippen LogP contribution in [-0.2, 0) is 4.74 Å². The van der Waals surface area contributed by atoms with Crippen molar-refractivity contribution in [3.05, 3.63) is 0 Å². The van der Waals surface area contributed by atoms with Gasteiger partial charge in [-0.2, -0.15) is 0 Å². The number of aliphatic hydroxyl groups excluding tert-OH is 2. The third-order valence-corrected chi connectivity index (χ3v) is 2.59. The normalized spacial score (nSPS) is 41.2. The molecular formula is C8H12O3S. The summed E-state index contributed by atoms with van der Waals surface area (Å²) in [5.41, 5.74) is 0. The first-order valence-electron chi connectivity index (χ1n) is 3.75. The molecule has 0 aromatic heterocycles. The minimum Gasteiger partial charge on any atom is -0.388 e. The standard InChI is InChI=1S/C8H12O3S/c1-3-12-4-6-8(10)7(9)5(2)11-6/h1,5-10H,4H2,2H3/t5-,6+,7?,8-/m0/s1. The van der Waals surface area contributed by atoms with E-state index < -0.39 is 12.2 Å². The van der Waals surface area contributed by atoms with Gasteiger partial charge < -0.3 is 14.9 Å². The number of terminal acetylenes is 1. The molecule has 3 nitrogen and oxygen atoms in total. The zero-order valence-electron chi connectivity index (χ0n) is 6.80. The zero-order chi connectivity index (χ0) is 9.14. The highest BCUT2D eigenvalue weighted by molar-refractivity contribution is 8.03. The molecule has 1 unspecified atom stereocenters. The molecule has 0 aromatic rings. The summed E-state index contributed by atoms with van der Waals surface area (Å²) in [6, 6.07) is 0. The topological polar surface area (TPSA) is 49.7 Å². The van der Waals surface area contributed by atoms with Gasteiger partial charge in [-0.25, -0.2) is 0 Å². The largest absolute Gasteiger partial charge is 0.388 e. The Bertz CT molecular complexity index is 189. The molecule has 1 aliphatic heterocycles. The first-order valence-corrected chi connectivity index (χ1v) is 4.74. The molecule has 68 valence electrons. The lowest BCUT2D eigenvalue weighted by Crippen LogP contribution is -2.32. The van der Waals surface area contributed by atoms with Crippen molar-refractivity contribution >= 4 is 11.8 Å². The van der Waals surface area contributed by atoms with Crippen molar-refractivity contribution in [3.63, 3.8) is 0 Å². The van der Waals surface area contributed by atoms with Gasteiger partial charge in [0.2, 0.25) is 0 Å². The van der Waals surface area contributed by atoms with Crippen LogP contribution in [0.4, 0.5) is 0 Å². The first kappa shape index (κ1) is 9.87. The lowest BCUT2D eigenvalue weighted by molar-refractivity contribution is 0.0302. The highest BCUT2D eigenvalue weighted by atomic mass is 32.2. The van der Waals surface area contributed by atoms with E-state index in [1.54, 1.807) is 6.92 Å². The van der Waals surface area contributed by atoms with Gasteiger partial charge in [0.05, 0.1) is 12.2 Å². The van der Waals surface area contributed by atoms with Crippen molar-refractivity contribution in [2.75, 3.05) is 5.75 Å². The summed E-state index contributed by atoms with van der Waals surface area (Å²) in [5, 5.41) is 21.1. The maximum absolute atomic E-state index is 9.40. The zero-order valence-corrected chi connectivity index (χ0v) is 7.62. The van der Waals surface area contributed by atoms with Gasteiger partial charge >= 0.3 is 0 Å². The number of rotatable bonds is 2. The molecule has 0 radical (unpaired) electrons. The molecule has 1 heterocycles. The van der Waals surface area contributed by atoms with Gasteiger partial charge in [-0.1, -0.05) is 11.8 Å². The molecule has 1 saturated heterocycles. The maximum Gasteiger partial charge on any atom is 0.109 e. The second-order valence-corrected chi connectivity index (χ2v) is 3.65. The third kappa shape index (κ3) is 1.93. The number of aliphatic hydroxyl groups is 2. The highest BCUT2D eigenvalue weighted by Crippen LogP contribution is 2.23. The molecule has 4 atom stereocenters. The van der Waals surface area contributed by atoms with Crippen LogP contribution in [0.5, 0.6) is 0 Å². The van der Waals surface area contributed by atoms with E-state index in [-0.39, 0.29) is 12.2 Å². The fourth-order valence-electron chi connectivity index (χ4n) is 1.20. The van der Waals surface area contributed by atoms with Crippen LogP contribution in [0.25, 0.3) is 0 Å². The quantitative estimate of drug-likeness (QED) is 0.590. The van der Waals surface area contributed by atoms with E-state index in [2.05, 4.69) is 5.25 Å². The van der Waals surface area contributed by atoms with Gasteiger partial charge in [-0.05, 0) is 12.2 Å². The van der Waals surface area contributed by atoms with Crippen LogP contribution in [0.2, 0.25) is 0 Å². The number of ether oxygens (including phenoxy) is 1. The van der Waals surface area contributed by atoms with Crippen molar-refractivity contribution < 1.29 is 14.9 Å². The van der Waals surface area contributed by atoms with Crippen molar-refractivity contribution in [1.29, 1.82) is 0 Å². The van der Waals surface area contributed by atoms with Crippen molar-refractivity contribution in [1.82, 2.24) is 0 Å². The van der Waals surface area contributed by atoms with Crippen LogP contribution < -0.4 is 0 Å². The molecule has 0 aromatic carbocycles. The second kappa shape index (κ2) is 4.15. The molecule has 0 amide bonds. The van der Waals surface area contributed by atoms with Gasteiger partial charge in [0.25, 0.3) is 0 Å². The van der Waals surface area contributed by atoms with Crippen molar-refractivity contribution in [3.8, 4) is 11.7 Å². The molecule has 1 rings (SSSR count). The highest BCUT2D eigenvalue weighted by Gasteiger charge is 2.39. The number of hydrogen-bond donors (Lipinski definition) is 2. The lowest BCUT2D eigenvalue weighted by atomic mass is 10.1. The number of thioether (sulfide) groups is 1. The summed E-state index contributed by atoms with van der Waals surface area (Å²) in [6.07, 6.45) is 2.81. The summed E-state index contributed by atoms with van der Waals surface area (Å²) in [4.78, 5) is 0. The van der Waals surface area contributed by atoms with Crippen LogP contribution in [-0.4, -0.2) is 40.4 Å². The van der Waals surface area contributed by atoms with Crippen molar-refractivity contribution in [2.24, 2.45) is 0 Å². The van der Waals surface area contributed by atoms with E-state index in [0.29, 0.717) is 5.75 Å². The molecule has 0 aliphatic carbocycles. The maximum atomic E-state index is 9.40. The Balaban J connectivity index is 2.43. The Morgan fingerprint density at radius 3 is 2.58 bits per heavy atom. The monoisotopic (exact) mass is 188 g/mol. The van der Waals surface area contributed by atoms with Crippen LogP contribution >= 0.6 is 11.8 Å². The third-order valence-electron chi connectivity index (χ3n) is 1.93. The Kier molecular flexibility index (Phi) is 3.41. The average molecular weight is 188 g/mol. The van der Waals surface area contributed by atoms with Gasteiger partial charge in [0.15, 0.2) is 0 Å². The van der Waals surface area contributed by atoms with Crippen LogP contribution in [0.3, 0.4) is 0 Å². The molecular weight excluding hydrogens is 176 g/mol. The van der Waals surface area contributed by atoms with Gasteiger partial charge in [0, 0.05) is 5.75 Å². The molecule has 1 fully saturated rings. The van der Waals surface area contributed by atoms with Gasteiger partial charge in [0.1, 0.15) is 12.2 Å². The molecule has 2 N–H and O–H groups in total. The smallest absolute Gasteiger partial charge is 0.109 e. The minimum absolute atomic E-state index is 0.302. The van der Waals surface area contributed by atoms with Crippen LogP contribution in [0.15, 0.2) is 0 Å². The Morgan fingerprint density at radius 1 is 1.50 bits per heavy atom. The van der Waals surface area contributed by atoms with Gasteiger partial charge in [-0.15, -0.1) is 6.42 Å². The van der Waals surface area contributed by atoms with E-state index >= 15 is 0 Å². The van der Waals surface area contributed by atoms with E-state index in [0.717, 1.165) is 0 Å². The van der Waals surface area contributed by atoms with Gasteiger partial charge in [-0.3, -0.25) is 0 Å². The molecule has 0 saturated carbocycles. The summed E-state index contributed by atoms with van der Waals surface area (Å²) in [5.74, 6) is 0.527. The number of hydrogen-bond acceptors (Lipinski definition) is 4. The lowest BCUT2D eigenvalue weighted by Gasteiger charge is -2.11. The van der Waals surface area contributed by atoms with Crippen LogP contribution in [0, 0.1) is 11.7 Å². The van der Waals surface area contributed by atoms with E-state index in [9.17, 15) is 10.2 Å². The summed E-state index contributed by atoms with van der Waals surface area (Å²) in [6.45, 7) is 1.73. The van der Waals surface area contributed by atoms with Crippen molar-refractivity contribution in [2.45, 2.75) is 31.3 Å². The Labute approximate surface area is 76.1 Å². The van der Waals surface area contributed by atoms with Crippen LogP contribution in [0.1, 0.15) is 6.92 Å². The second-order valence-electron chi connectivity index (χ2n) is 2.79. The first-order chi connectivity index (χ1) is 5.66. The minimum atomic E-state index is -0.805. The molecule has 12 heavy (non-hydrogen) atoms. The van der Waals surface area contributed by atoms with E-state index in [1.165, 1.54) is 11.8 Å². The molecule has 0 bridgehead atoms. The summed E-state index contributed by atoms with van der Waals surface area (Å²) in [7, 11) is 0. The Morgan fingerprint density at radius 2 is 2.17 bits per heavy atom. The molecule has 1 aliphatic rings. The summed E-state index contributed by atoms with van der Waals surface area (Å²) >= 11 is 1.24. The predicted molar refractivity (Wildman–Crippen MR) is 47.6 cm³/mol. The molecule has 0 spiro atoms. The molecule has 4 heteroatoms. The predicted octanol–water partition coefficient (Wildman–Crippen LogP) is -0.181. The fourth-order valence-corrected chi connectivity index (χ4v) is 1.74. The fraction of sp³-hybridized carbons (Fsp3) is 0.750. The average Bonchev–Trinajstić information content (AvgIpc) is 2.30. The Hall–Kier alpha value is -0.210. The SMILES string of the molecule is C#CSC[C@H]1O[C@@H](C)C(O)[C@H]1O.